The van der Waals surface area contributed by atoms with Crippen molar-refractivity contribution in [3.63, 3.8) is 0 Å². The molecule has 2 aliphatic carbocycles. The molecule has 30 nitrogen and oxygen atoms in total. The van der Waals surface area contributed by atoms with Gasteiger partial charge in [-0.15, -0.1) is 23.9 Å². The van der Waals surface area contributed by atoms with Crippen molar-refractivity contribution >= 4 is 143 Å². The van der Waals surface area contributed by atoms with Crippen LogP contribution in [0.25, 0.3) is 27.7 Å². The van der Waals surface area contributed by atoms with Gasteiger partial charge in [0.1, 0.15) is 0 Å². The van der Waals surface area contributed by atoms with Crippen molar-refractivity contribution in [2.24, 2.45) is 0 Å². The lowest BCUT2D eigenvalue weighted by Crippen LogP contribution is -2.45. The van der Waals surface area contributed by atoms with Gasteiger partial charge in [-0.25, -0.2) is 84.2 Å². The van der Waals surface area contributed by atoms with Crippen LogP contribution in [0.15, 0.2) is 187 Å². The van der Waals surface area contributed by atoms with Gasteiger partial charge in [0.15, 0.2) is 0 Å². The van der Waals surface area contributed by atoms with Crippen molar-refractivity contribution in [1.29, 1.82) is 0 Å². The Morgan fingerprint density at radius 2 is 0.495 bits per heavy atom. The van der Waals surface area contributed by atoms with Crippen molar-refractivity contribution in [3.05, 3.63) is 207 Å². The largest absolute Gasteiger partial charge is 0.504 e. The predicted molar refractivity (Wildman–Crippen MR) is 393 cm³/mol. The zero-order valence-electron chi connectivity index (χ0n) is 57.2. The standard InChI is InChI=1S/C15H14N2O4S2.C13H8Cl2N2O4S2.C13H22N2O4S2.C13H10N2O4S2.C9H18N2O4S2/c1-11-3-7-13(8-4-11)22(18,19)15(17-16)23(20,21)14-9-5-12(2)6-10-14;14-9-1-5-11(6-2-9)22(18,19)13(17-16)23(20,21)12-7-3-10(15)4-8-12;2*14-15-13(20(16,17)11-7-3-1-4-8-11)21(18,19)12-9-5-2-6-10-12;1-8(2,3)16(12,13)7(11-10)17(14,15)9(4,5)6/h3-10H,1-2H3;1-8H;11-12H,1-10H2;1-10H;1-6H3. The Morgan fingerprint density at radius 3 is 0.695 bits per heavy atom. The Morgan fingerprint density at radius 1 is 0.295 bits per heavy atom. The zero-order chi connectivity index (χ0) is 79.8. The number of rotatable bonds is 8. The van der Waals surface area contributed by atoms with Gasteiger partial charge >= 0.3 is 21.9 Å². The van der Waals surface area contributed by atoms with Crippen LogP contribution in [-0.4, -0.2) is 150 Å². The van der Waals surface area contributed by atoms with E-state index in [1.165, 1.54) is 163 Å². The van der Waals surface area contributed by atoms with Gasteiger partial charge in [-0.1, -0.05) is 134 Å². The highest BCUT2D eigenvalue weighted by Crippen LogP contribution is 2.32. The SMILES string of the molecule is CC(C)(C)S(=O)(=O)C(=[N+]=[N-])S(=O)(=O)C(C)(C)C.Cc1ccc(S(=O)(=O)C(=[N+]=[N-])S(=O)(=O)c2ccc(C)cc2)cc1.[N-]=[N+]=C(S(=O)(=O)C1CCCCC1)S(=O)(=O)C1CCCCC1.[N-]=[N+]=C(S(=O)(=O)c1ccc(Cl)cc1)S(=O)(=O)c1ccc(Cl)cc1.[N-]=[N+]=C(S(=O)(=O)c1ccccc1)S(=O)(=O)c1ccccc1. The molecule has 0 bridgehead atoms. The van der Waals surface area contributed by atoms with Crippen molar-refractivity contribution < 1.29 is 108 Å². The summed E-state index contributed by atoms with van der Waals surface area (Å²) >= 11 is 11.3. The smallest absolute Gasteiger partial charge is 0.359 e. The molecule has 2 aliphatic rings. The van der Waals surface area contributed by atoms with Gasteiger partial charge in [-0.2, -0.15) is 0 Å². The number of halogens is 2. The van der Waals surface area contributed by atoms with E-state index in [-0.39, 0.29) is 39.4 Å². The first-order valence-electron chi connectivity index (χ1n) is 30.7. The first-order chi connectivity index (χ1) is 48.4. The Hall–Kier alpha value is -7.70. The minimum absolute atomic E-state index is 0.258. The van der Waals surface area contributed by atoms with Gasteiger partial charge in [0.25, 0.3) is 98.4 Å². The van der Waals surface area contributed by atoms with Crippen LogP contribution >= 0.6 is 23.2 Å². The van der Waals surface area contributed by atoms with E-state index in [4.69, 9.17) is 50.9 Å². The minimum atomic E-state index is -4.56. The third kappa shape index (κ3) is 21.3. The maximum atomic E-state index is 12.5. The minimum Gasteiger partial charge on any atom is -0.359 e. The molecular weight excluding hydrogens is 1610 g/mol. The maximum absolute atomic E-state index is 12.5. The fourth-order valence-corrected chi connectivity index (χ4v) is 28.4. The topological polar surface area (TPSA) is 523 Å². The average molecular weight is 1680 g/mol. The third-order valence-corrected chi connectivity index (χ3v) is 39.3. The summed E-state index contributed by atoms with van der Waals surface area (Å²) < 4.78 is 238. The van der Waals surface area contributed by atoms with Crippen molar-refractivity contribution in [2.75, 3.05) is 0 Å². The van der Waals surface area contributed by atoms with Crippen LogP contribution in [0.3, 0.4) is 0 Å². The summed E-state index contributed by atoms with van der Waals surface area (Å²) in [5.41, 5.74) is 46.5. The van der Waals surface area contributed by atoms with E-state index in [1.807, 2.05) is 0 Å². The van der Waals surface area contributed by atoms with E-state index in [1.54, 1.807) is 26.0 Å². The molecule has 0 atom stereocenters. The molecule has 8 rings (SSSR count). The summed E-state index contributed by atoms with van der Waals surface area (Å²) in [6.45, 7) is 11.6. The van der Waals surface area contributed by atoms with Crippen LogP contribution in [0.4, 0.5) is 0 Å². The molecule has 0 spiro atoms. The lowest BCUT2D eigenvalue weighted by atomic mass is 10.0. The zero-order valence-corrected chi connectivity index (χ0v) is 66.9. The van der Waals surface area contributed by atoms with Gasteiger partial charge in [0.05, 0.1) is 49.4 Å². The second-order valence-electron chi connectivity index (χ2n) is 24.9. The molecule has 0 unspecified atom stereocenters. The van der Waals surface area contributed by atoms with Gasteiger partial charge in [0, 0.05) is 10.0 Å². The van der Waals surface area contributed by atoms with E-state index in [0.29, 0.717) is 25.7 Å². The fourth-order valence-electron chi connectivity index (χ4n) is 9.31. The Balaban J connectivity index is 0.000000279. The molecule has 0 aromatic heterocycles. The summed E-state index contributed by atoms with van der Waals surface area (Å²) in [6, 6.07) is 34.5. The number of hydrogen-bond acceptors (Lipinski definition) is 20. The molecular formula is C63H72Cl2N10O20S10. The number of nitrogens with zero attached hydrogens (tertiary/aromatic N) is 10. The Bertz CT molecular complexity index is 5200. The first kappa shape index (κ1) is 89.7. The van der Waals surface area contributed by atoms with Gasteiger partial charge in [-0.3, -0.25) is 0 Å². The third-order valence-electron chi connectivity index (χ3n) is 15.3. The molecule has 0 N–H and O–H groups in total. The summed E-state index contributed by atoms with van der Waals surface area (Å²) in [7, 11) is -43.5. The first-order valence-corrected chi connectivity index (χ1v) is 46.4. The maximum Gasteiger partial charge on any atom is 0.504 e. The fraction of sp³-hybridized carbons (Fsp3) is 0.349. The number of sulfone groups is 10. The molecule has 0 radical (unpaired) electrons. The van der Waals surface area contributed by atoms with Crippen LogP contribution in [0.1, 0.15) is 117 Å². The second-order valence-corrected chi connectivity index (χ2v) is 47.7. The molecule has 0 aliphatic heterocycles. The summed E-state index contributed by atoms with van der Waals surface area (Å²) in [5, 5.41) is -0.912. The molecule has 42 heteroatoms. The number of benzene rings is 6. The normalized spacial score (nSPS) is 14.3. The van der Waals surface area contributed by atoms with E-state index >= 15 is 0 Å². The number of hydrogen-bond donors (Lipinski definition) is 0. The molecule has 6 aromatic carbocycles. The highest BCUT2D eigenvalue weighted by Gasteiger charge is 2.54. The van der Waals surface area contributed by atoms with Gasteiger partial charge < -0.3 is 27.7 Å². The van der Waals surface area contributed by atoms with E-state index in [9.17, 15) is 84.2 Å². The summed E-state index contributed by atoms with van der Waals surface area (Å²) in [6.07, 6.45) is 6.79. The molecule has 568 valence electrons. The lowest BCUT2D eigenvalue weighted by molar-refractivity contribution is 0.00323. The van der Waals surface area contributed by atoms with Crippen molar-refractivity contribution in [2.45, 2.75) is 169 Å². The molecule has 105 heavy (non-hydrogen) atoms. The summed E-state index contributed by atoms with van der Waals surface area (Å²) in [4.78, 5) is 11.0. The Kier molecular flexibility index (Phi) is 30.6. The summed E-state index contributed by atoms with van der Waals surface area (Å²) in [5.74, 6) is 0. The highest BCUT2D eigenvalue weighted by molar-refractivity contribution is 8.33. The quantitative estimate of drug-likeness (QED) is 0.0592. The Labute approximate surface area is 621 Å². The second kappa shape index (κ2) is 35.8. The molecule has 0 saturated heterocycles. The van der Waals surface area contributed by atoms with Crippen LogP contribution in [-0.2, 0) is 98.4 Å². The molecule has 2 saturated carbocycles. The van der Waals surface area contributed by atoms with Crippen LogP contribution < -0.4 is 0 Å². The van der Waals surface area contributed by atoms with E-state index in [2.05, 4.69) is 23.9 Å². The van der Waals surface area contributed by atoms with E-state index < -0.39 is 140 Å². The number of aryl methyl sites for hydroxylation is 2. The van der Waals surface area contributed by atoms with Crippen LogP contribution in [0.5, 0.6) is 0 Å². The predicted octanol–water partition coefficient (Wildman–Crippen LogP) is 9.55. The van der Waals surface area contributed by atoms with Crippen molar-refractivity contribution in [3.8, 4) is 0 Å². The highest BCUT2D eigenvalue weighted by atomic mass is 35.5. The van der Waals surface area contributed by atoms with Gasteiger partial charge in [0.2, 0.25) is 0 Å². The lowest BCUT2D eigenvalue weighted by Gasteiger charge is -2.22. The van der Waals surface area contributed by atoms with E-state index in [0.717, 1.165) is 73.9 Å². The van der Waals surface area contributed by atoms with Crippen LogP contribution in [0, 0.1) is 13.8 Å². The average Bonchev–Trinajstić information content (AvgIpc) is 0.780. The molecule has 0 amide bonds. The molecule has 2 fully saturated rings. The molecule has 0 heterocycles. The van der Waals surface area contributed by atoms with Crippen LogP contribution in [0.2, 0.25) is 10.0 Å². The van der Waals surface area contributed by atoms with Gasteiger partial charge in [-0.05, 0) is 178 Å². The monoisotopic (exact) mass is 1680 g/mol. The van der Waals surface area contributed by atoms with Crippen molar-refractivity contribution in [1.82, 2.24) is 0 Å². The molecule has 6 aromatic rings.